The van der Waals surface area contributed by atoms with E-state index in [-0.39, 0.29) is 5.91 Å². The number of morpholine rings is 1. The molecule has 1 aromatic rings. The highest BCUT2D eigenvalue weighted by atomic mass is 16.5. The third-order valence-corrected chi connectivity index (χ3v) is 3.20. The van der Waals surface area contributed by atoms with Crippen LogP contribution in [0.15, 0.2) is 24.3 Å². The minimum Gasteiger partial charge on any atom is -0.385 e. The van der Waals surface area contributed by atoms with E-state index in [0.29, 0.717) is 13.0 Å². The highest BCUT2D eigenvalue weighted by molar-refractivity contribution is 5.76. The molecule has 104 valence electrons. The van der Waals surface area contributed by atoms with Crippen molar-refractivity contribution >= 4 is 17.3 Å². The SMILES string of the molecule is CNC(=O)CCNc1ccc(N2CCOCC2)cc1. The number of amides is 1. The van der Waals surface area contributed by atoms with Crippen molar-refractivity contribution < 1.29 is 9.53 Å². The van der Waals surface area contributed by atoms with E-state index in [1.54, 1.807) is 7.05 Å². The van der Waals surface area contributed by atoms with Crippen LogP contribution in [0.1, 0.15) is 6.42 Å². The van der Waals surface area contributed by atoms with E-state index in [4.69, 9.17) is 4.74 Å². The van der Waals surface area contributed by atoms with Gasteiger partial charge in [0.25, 0.3) is 0 Å². The monoisotopic (exact) mass is 263 g/mol. The topological polar surface area (TPSA) is 53.6 Å². The fourth-order valence-electron chi connectivity index (χ4n) is 2.06. The van der Waals surface area contributed by atoms with Crippen molar-refractivity contribution in [3.05, 3.63) is 24.3 Å². The first kappa shape index (κ1) is 13.7. The van der Waals surface area contributed by atoms with Crippen LogP contribution in [0.5, 0.6) is 0 Å². The number of hydrogen-bond acceptors (Lipinski definition) is 4. The fraction of sp³-hybridized carbons (Fsp3) is 0.500. The molecule has 1 aromatic carbocycles. The number of ether oxygens (including phenoxy) is 1. The molecule has 2 rings (SSSR count). The number of nitrogens with zero attached hydrogens (tertiary/aromatic N) is 1. The van der Waals surface area contributed by atoms with Gasteiger partial charge in [-0.15, -0.1) is 0 Å². The minimum absolute atomic E-state index is 0.0532. The zero-order chi connectivity index (χ0) is 13.5. The molecular formula is C14H21N3O2. The summed E-state index contributed by atoms with van der Waals surface area (Å²) in [6.45, 7) is 4.14. The van der Waals surface area contributed by atoms with Crippen LogP contribution in [0.25, 0.3) is 0 Å². The van der Waals surface area contributed by atoms with Gasteiger partial charge in [-0.2, -0.15) is 0 Å². The van der Waals surface area contributed by atoms with Crippen molar-refractivity contribution in [1.29, 1.82) is 0 Å². The Morgan fingerprint density at radius 1 is 1.26 bits per heavy atom. The maximum absolute atomic E-state index is 11.1. The first-order chi connectivity index (χ1) is 9.29. The van der Waals surface area contributed by atoms with Gasteiger partial charge in [-0.3, -0.25) is 4.79 Å². The van der Waals surface area contributed by atoms with E-state index in [2.05, 4.69) is 39.8 Å². The summed E-state index contributed by atoms with van der Waals surface area (Å²) in [7, 11) is 1.65. The molecule has 0 aromatic heterocycles. The third kappa shape index (κ3) is 4.13. The summed E-state index contributed by atoms with van der Waals surface area (Å²) < 4.78 is 5.34. The first-order valence-electron chi connectivity index (χ1n) is 6.67. The minimum atomic E-state index is 0.0532. The third-order valence-electron chi connectivity index (χ3n) is 3.20. The molecule has 0 aliphatic carbocycles. The maximum Gasteiger partial charge on any atom is 0.221 e. The molecule has 0 radical (unpaired) electrons. The second-order valence-electron chi connectivity index (χ2n) is 4.50. The largest absolute Gasteiger partial charge is 0.385 e. The fourth-order valence-corrected chi connectivity index (χ4v) is 2.06. The summed E-state index contributed by atoms with van der Waals surface area (Å²) in [6, 6.07) is 8.31. The summed E-state index contributed by atoms with van der Waals surface area (Å²) in [5.41, 5.74) is 2.26. The van der Waals surface area contributed by atoms with Crippen molar-refractivity contribution in [1.82, 2.24) is 5.32 Å². The Morgan fingerprint density at radius 2 is 1.95 bits per heavy atom. The van der Waals surface area contributed by atoms with Crippen LogP contribution in [0.3, 0.4) is 0 Å². The van der Waals surface area contributed by atoms with E-state index < -0.39 is 0 Å². The average molecular weight is 263 g/mol. The molecule has 1 heterocycles. The molecule has 1 aliphatic heterocycles. The van der Waals surface area contributed by atoms with E-state index in [0.717, 1.165) is 32.0 Å². The van der Waals surface area contributed by atoms with Crippen LogP contribution in [0.2, 0.25) is 0 Å². The molecule has 1 saturated heterocycles. The van der Waals surface area contributed by atoms with Crippen molar-refractivity contribution in [2.75, 3.05) is 50.1 Å². The zero-order valence-electron chi connectivity index (χ0n) is 11.3. The van der Waals surface area contributed by atoms with Gasteiger partial charge in [0.15, 0.2) is 0 Å². The molecule has 0 unspecified atom stereocenters. The van der Waals surface area contributed by atoms with Gasteiger partial charge >= 0.3 is 0 Å². The van der Waals surface area contributed by atoms with Gasteiger partial charge in [-0.25, -0.2) is 0 Å². The molecule has 1 aliphatic rings. The standard InChI is InChI=1S/C14H21N3O2/c1-15-14(18)6-7-16-12-2-4-13(5-3-12)17-8-10-19-11-9-17/h2-5,16H,6-11H2,1H3,(H,15,18). The second-order valence-corrected chi connectivity index (χ2v) is 4.50. The lowest BCUT2D eigenvalue weighted by atomic mass is 10.2. The Labute approximate surface area is 113 Å². The highest BCUT2D eigenvalue weighted by Gasteiger charge is 2.10. The highest BCUT2D eigenvalue weighted by Crippen LogP contribution is 2.18. The van der Waals surface area contributed by atoms with E-state index in [9.17, 15) is 4.79 Å². The van der Waals surface area contributed by atoms with Gasteiger partial charge in [-0.05, 0) is 24.3 Å². The van der Waals surface area contributed by atoms with Gasteiger partial charge in [0.1, 0.15) is 0 Å². The number of anilines is 2. The van der Waals surface area contributed by atoms with Crippen LogP contribution < -0.4 is 15.5 Å². The molecule has 5 nitrogen and oxygen atoms in total. The maximum atomic E-state index is 11.1. The van der Waals surface area contributed by atoms with E-state index in [1.807, 2.05) is 0 Å². The summed E-state index contributed by atoms with van der Waals surface area (Å²) >= 11 is 0. The van der Waals surface area contributed by atoms with Crippen molar-refractivity contribution in [2.24, 2.45) is 0 Å². The van der Waals surface area contributed by atoms with Gasteiger partial charge in [-0.1, -0.05) is 0 Å². The lowest BCUT2D eigenvalue weighted by Gasteiger charge is -2.28. The van der Waals surface area contributed by atoms with E-state index in [1.165, 1.54) is 5.69 Å². The molecule has 0 bridgehead atoms. The molecular weight excluding hydrogens is 242 g/mol. The Bertz CT molecular complexity index is 400. The summed E-state index contributed by atoms with van der Waals surface area (Å²) in [6.07, 6.45) is 0.488. The average Bonchev–Trinajstić information content (AvgIpc) is 2.48. The lowest BCUT2D eigenvalue weighted by Crippen LogP contribution is -2.36. The normalized spacial score (nSPS) is 15.1. The second kappa shape index (κ2) is 6.99. The predicted molar refractivity (Wildman–Crippen MR) is 76.6 cm³/mol. The molecule has 0 saturated carbocycles. The number of carbonyl (C=O) groups excluding carboxylic acids is 1. The zero-order valence-corrected chi connectivity index (χ0v) is 11.3. The molecule has 0 spiro atoms. The molecule has 0 atom stereocenters. The Balaban J connectivity index is 1.82. The van der Waals surface area contributed by atoms with Crippen LogP contribution in [-0.4, -0.2) is 45.8 Å². The van der Waals surface area contributed by atoms with Gasteiger partial charge in [0.05, 0.1) is 13.2 Å². The van der Waals surface area contributed by atoms with Crippen molar-refractivity contribution in [2.45, 2.75) is 6.42 Å². The van der Waals surface area contributed by atoms with Crippen LogP contribution in [-0.2, 0) is 9.53 Å². The van der Waals surface area contributed by atoms with Gasteiger partial charge in [0.2, 0.25) is 5.91 Å². The first-order valence-corrected chi connectivity index (χ1v) is 6.67. The number of carbonyl (C=O) groups is 1. The summed E-state index contributed by atoms with van der Waals surface area (Å²) in [5, 5.41) is 5.84. The predicted octanol–water partition coefficient (Wildman–Crippen LogP) is 1.07. The number of benzene rings is 1. The Hall–Kier alpha value is -1.75. The molecule has 19 heavy (non-hydrogen) atoms. The Kier molecular flexibility index (Phi) is 5.03. The molecule has 5 heteroatoms. The smallest absolute Gasteiger partial charge is 0.221 e. The van der Waals surface area contributed by atoms with Crippen molar-refractivity contribution in [3.63, 3.8) is 0 Å². The van der Waals surface area contributed by atoms with Crippen LogP contribution >= 0.6 is 0 Å². The van der Waals surface area contributed by atoms with Gasteiger partial charge < -0.3 is 20.3 Å². The number of hydrogen-bond donors (Lipinski definition) is 2. The molecule has 2 N–H and O–H groups in total. The molecule has 1 fully saturated rings. The lowest BCUT2D eigenvalue weighted by molar-refractivity contribution is -0.120. The number of rotatable bonds is 5. The van der Waals surface area contributed by atoms with Crippen LogP contribution in [0, 0.1) is 0 Å². The van der Waals surface area contributed by atoms with E-state index >= 15 is 0 Å². The summed E-state index contributed by atoms with van der Waals surface area (Å²) in [4.78, 5) is 13.4. The number of nitrogens with one attached hydrogen (secondary N) is 2. The van der Waals surface area contributed by atoms with Crippen LogP contribution in [0.4, 0.5) is 11.4 Å². The quantitative estimate of drug-likeness (QED) is 0.834. The van der Waals surface area contributed by atoms with Gasteiger partial charge in [0, 0.05) is 44.5 Å². The summed E-state index contributed by atoms with van der Waals surface area (Å²) in [5.74, 6) is 0.0532. The molecule has 1 amide bonds. The Morgan fingerprint density at radius 3 is 2.58 bits per heavy atom. The van der Waals surface area contributed by atoms with Crippen molar-refractivity contribution in [3.8, 4) is 0 Å².